The molecule has 2 heterocycles. The first-order chi connectivity index (χ1) is 7.10. The third-order valence-electron chi connectivity index (χ3n) is 3.44. The van der Waals surface area contributed by atoms with Crippen LogP contribution in [0.15, 0.2) is 22.8 Å². The number of imidazole rings is 1. The van der Waals surface area contributed by atoms with E-state index in [0.29, 0.717) is 5.41 Å². The molecule has 1 saturated carbocycles. The van der Waals surface area contributed by atoms with Gasteiger partial charge in [-0.1, -0.05) is 6.92 Å². The molecule has 3 heteroatoms. The molecule has 0 atom stereocenters. The molecule has 78 valence electrons. The lowest BCUT2D eigenvalue weighted by Crippen LogP contribution is -1.98. The van der Waals surface area contributed by atoms with E-state index >= 15 is 0 Å². The predicted octanol–water partition coefficient (Wildman–Crippen LogP) is 3.46. The van der Waals surface area contributed by atoms with Crippen LogP contribution in [0.1, 0.15) is 31.2 Å². The first-order valence-electron chi connectivity index (χ1n) is 5.25. The Bertz CT molecular complexity index is 538. The lowest BCUT2D eigenvalue weighted by atomic mass is 10.1. The number of fused-ring (bicyclic) bond motifs is 1. The second-order valence-corrected chi connectivity index (χ2v) is 5.54. The number of pyridine rings is 1. The van der Waals surface area contributed by atoms with Crippen molar-refractivity contribution >= 4 is 21.6 Å². The minimum atomic E-state index is 0.352. The number of halogens is 1. The topological polar surface area (TPSA) is 17.3 Å². The van der Waals surface area contributed by atoms with Crippen molar-refractivity contribution in [2.24, 2.45) is 0 Å². The summed E-state index contributed by atoms with van der Waals surface area (Å²) in [6.45, 7) is 4.40. The van der Waals surface area contributed by atoms with Gasteiger partial charge in [0.2, 0.25) is 0 Å². The molecule has 0 N–H and O–H groups in total. The predicted molar refractivity (Wildman–Crippen MR) is 64.2 cm³/mol. The van der Waals surface area contributed by atoms with E-state index in [-0.39, 0.29) is 0 Å². The number of aryl methyl sites for hydroxylation is 1. The fraction of sp³-hybridized carbons (Fsp3) is 0.417. The first-order valence-corrected chi connectivity index (χ1v) is 6.04. The van der Waals surface area contributed by atoms with Crippen molar-refractivity contribution in [1.29, 1.82) is 0 Å². The van der Waals surface area contributed by atoms with Gasteiger partial charge in [-0.2, -0.15) is 0 Å². The zero-order valence-corrected chi connectivity index (χ0v) is 10.5. The molecule has 0 amide bonds. The van der Waals surface area contributed by atoms with Gasteiger partial charge in [0.05, 0.1) is 5.69 Å². The van der Waals surface area contributed by atoms with Gasteiger partial charge in [-0.3, -0.25) is 0 Å². The Labute approximate surface area is 97.5 Å². The summed E-state index contributed by atoms with van der Waals surface area (Å²) < 4.78 is 3.31. The fourth-order valence-corrected chi connectivity index (χ4v) is 2.22. The summed E-state index contributed by atoms with van der Waals surface area (Å²) in [7, 11) is 0. The zero-order chi connectivity index (χ0) is 10.6. The molecule has 2 aromatic heterocycles. The molecule has 1 aliphatic rings. The molecule has 0 saturated heterocycles. The highest BCUT2D eigenvalue weighted by atomic mass is 79.9. The summed E-state index contributed by atoms with van der Waals surface area (Å²) in [5, 5.41) is 0. The van der Waals surface area contributed by atoms with E-state index in [1.165, 1.54) is 24.2 Å². The van der Waals surface area contributed by atoms with Gasteiger partial charge in [-0.15, -0.1) is 0 Å². The minimum absolute atomic E-state index is 0.352. The van der Waals surface area contributed by atoms with Crippen molar-refractivity contribution in [1.82, 2.24) is 9.38 Å². The molecule has 0 radical (unpaired) electrons. The summed E-state index contributed by atoms with van der Waals surface area (Å²) in [6, 6.07) is 4.13. The molecule has 0 unspecified atom stereocenters. The van der Waals surface area contributed by atoms with Crippen LogP contribution in [0.4, 0.5) is 0 Å². The quantitative estimate of drug-likeness (QED) is 0.771. The monoisotopic (exact) mass is 264 g/mol. The largest absolute Gasteiger partial charge is 0.303 e. The summed E-state index contributed by atoms with van der Waals surface area (Å²) in [5.41, 5.74) is 3.86. The molecule has 0 aliphatic heterocycles. The van der Waals surface area contributed by atoms with Crippen LogP contribution in [-0.4, -0.2) is 9.38 Å². The lowest BCUT2D eigenvalue weighted by Gasteiger charge is -2.01. The first kappa shape index (κ1) is 9.40. The van der Waals surface area contributed by atoms with Crippen molar-refractivity contribution < 1.29 is 0 Å². The second kappa shape index (κ2) is 2.85. The summed E-state index contributed by atoms with van der Waals surface area (Å²) in [5.74, 6) is 0. The van der Waals surface area contributed by atoms with E-state index in [1.807, 2.05) is 0 Å². The van der Waals surface area contributed by atoms with Crippen molar-refractivity contribution in [2.45, 2.75) is 32.1 Å². The van der Waals surface area contributed by atoms with Crippen LogP contribution in [-0.2, 0) is 5.41 Å². The average molecular weight is 265 g/mol. The Kier molecular flexibility index (Phi) is 1.78. The Morgan fingerprint density at radius 1 is 1.40 bits per heavy atom. The molecular formula is C12H13BrN2. The van der Waals surface area contributed by atoms with Crippen LogP contribution in [0.2, 0.25) is 0 Å². The maximum Gasteiger partial charge on any atom is 0.137 e. The maximum absolute atomic E-state index is 4.69. The van der Waals surface area contributed by atoms with Crippen molar-refractivity contribution in [3.8, 4) is 0 Å². The van der Waals surface area contributed by atoms with E-state index in [4.69, 9.17) is 4.98 Å². The number of nitrogens with zero attached hydrogens (tertiary/aromatic N) is 2. The van der Waals surface area contributed by atoms with E-state index < -0.39 is 0 Å². The normalized spacial score (nSPS) is 18.3. The highest BCUT2D eigenvalue weighted by Gasteiger charge is 2.41. The van der Waals surface area contributed by atoms with Gasteiger partial charge in [0.25, 0.3) is 0 Å². The molecule has 2 nitrogen and oxygen atoms in total. The van der Waals surface area contributed by atoms with Gasteiger partial charge < -0.3 is 4.40 Å². The standard InChI is InChI=1S/C12H13BrN2/c1-8-9(13)3-4-11-14-10(7-15(8)11)12(2)5-6-12/h3-4,7H,5-6H2,1-2H3. The third-order valence-corrected chi connectivity index (χ3v) is 4.28. The van der Waals surface area contributed by atoms with Gasteiger partial charge in [0.1, 0.15) is 5.65 Å². The molecular weight excluding hydrogens is 252 g/mol. The maximum atomic E-state index is 4.69. The van der Waals surface area contributed by atoms with Gasteiger partial charge in [0, 0.05) is 21.8 Å². The highest BCUT2D eigenvalue weighted by molar-refractivity contribution is 9.10. The molecule has 1 aliphatic carbocycles. The van der Waals surface area contributed by atoms with Gasteiger partial charge >= 0.3 is 0 Å². The smallest absolute Gasteiger partial charge is 0.137 e. The van der Waals surface area contributed by atoms with Gasteiger partial charge in [0.15, 0.2) is 0 Å². The van der Waals surface area contributed by atoms with Crippen LogP contribution >= 0.6 is 15.9 Å². The fourth-order valence-electron chi connectivity index (χ4n) is 1.90. The highest BCUT2D eigenvalue weighted by Crippen LogP contribution is 2.47. The Hall–Kier alpha value is -0.830. The number of aromatic nitrogens is 2. The summed E-state index contributed by atoms with van der Waals surface area (Å²) in [4.78, 5) is 4.69. The molecule has 1 fully saturated rings. The van der Waals surface area contributed by atoms with E-state index in [2.05, 4.69) is 52.5 Å². The molecule has 0 spiro atoms. The Morgan fingerprint density at radius 3 is 2.80 bits per heavy atom. The second-order valence-electron chi connectivity index (χ2n) is 4.68. The van der Waals surface area contributed by atoms with E-state index in [9.17, 15) is 0 Å². The summed E-state index contributed by atoms with van der Waals surface area (Å²) >= 11 is 3.54. The van der Waals surface area contributed by atoms with Gasteiger partial charge in [-0.25, -0.2) is 4.98 Å². The van der Waals surface area contributed by atoms with E-state index in [1.54, 1.807) is 0 Å². The van der Waals surface area contributed by atoms with Crippen LogP contribution in [0.3, 0.4) is 0 Å². The van der Waals surface area contributed by atoms with Crippen molar-refractivity contribution in [3.05, 3.63) is 34.2 Å². The molecule has 0 aromatic carbocycles. The average Bonchev–Trinajstić information content (AvgIpc) is 2.82. The molecule has 15 heavy (non-hydrogen) atoms. The molecule has 3 rings (SSSR count). The van der Waals surface area contributed by atoms with Crippen molar-refractivity contribution in [2.75, 3.05) is 0 Å². The summed E-state index contributed by atoms with van der Waals surface area (Å²) in [6.07, 6.45) is 4.73. The van der Waals surface area contributed by atoms with Crippen molar-refractivity contribution in [3.63, 3.8) is 0 Å². The van der Waals surface area contributed by atoms with Crippen LogP contribution in [0.5, 0.6) is 0 Å². The third kappa shape index (κ3) is 1.33. The SMILES string of the molecule is Cc1c(Br)ccc2nc(C3(C)CC3)cn12. The van der Waals surface area contributed by atoms with Crippen LogP contribution < -0.4 is 0 Å². The molecule has 2 aromatic rings. The Morgan fingerprint density at radius 2 is 2.13 bits per heavy atom. The van der Waals surface area contributed by atoms with Gasteiger partial charge in [-0.05, 0) is 47.8 Å². The van der Waals surface area contributed by atoms with Crippen LogP contribution in [0.25, 0.3) is 5.65 Å². The zero-order valence-electron chi connectivity index (χ0n) is 8.92. The Balaban J connectivity index is 2.26. The minimum Gasteiger partial charge on any atom is -0.303 e. The lowest BCUT2D eigenvalue weighted by molar-refractivity contribution is 0.758. The van der Waals surface area contributed by atoms with E-state index in [0.717, 1.165) is 10.1 Å². The number of hydrogen-bond donors (Lipinski definition) is 0. The van der Waals surface area contributed by atoms with Crippen LogP contribution in [0, 0.1) is 6.92 Å². The molecule has 0 bridgehead atoms. The number of hydrogen-bond acceptors (Lipinski definition) is 1. The number of rotatable bonds is 1.